The van der Waals surface area contributed by atoms with E-state index in [-0.39, 0.29) is 5.82 Å². The summed E-state index contributed by atoms with van der Waals surface area (Å²) in [5.41, 5.74) is 10.5. The Balaban J connectivity index is 2.16. The van der Waals surface area contributed by atoms with Crippen molar-refractivity contribution < 1.29 is 0 Å². The van der Waals surface area contributed by atoms with E-state index in [1.165, 1.54) is 5.56 Å². The van der Waals surface area contributed by atoms with Crippen LogP contribution in [-0.4, -0.2) is 4.98 Å². The van der Waals surface area contributed by atoms with Crippen LogP contribution in [0.3, 0.4) is 0 Å². The number of rotatable bonds is 4. The Morgan fingerprint density at radius 1 is 1.08 bits per heavy atom. The Morgan fingerprint density at radius 3 is 2.46 bits per heavy atom. The molecule has 1 heterocycles. The maximum absolute atomic E-state index is 9.53. The molecule has 3 aromatic rings. The van der Waals surface area contributed by atoms with Gasteiger partial charge in [-0.25, -0.2) is 4.98 Å². The third-order valence-electron chi connectivity index (χ3n) is 4.19. The molecule has 2 aromatic carbocycles. The molecule has 130 valence electrons. The second-order valence-electron chi connectivity index (χ2n) is 5.98. The van der Waals surface area contributed by atoms with Crippen molar-refractivity contribution in [1.29, 1.82) is 5.26 Å². The van der Waals surface area contributed by atoms with Crippen molar-refractivity contribution in [1.82, 2.24) is 4.98 Å². The summed E-state index contributed by atoms with van der Waals surface area (Å²) in [6.07, 6.45) is 2.13. The molecule has 0 spiro atoms. The number of aryl methyl sites for hydroxylation is 1. The molecular formula is C21H17Cl2N3. The number of nitrogens with two attached hydrogens (primary N) is 1. The van der Waals surface area contributed by atoms with Crippen LogP contribution in [0.2, 0.25) is 10.0 Å². The van der Waals surface area contributed by atoms with Crippen molar-refractivity contribution >= 4 is 29.0 Å². The fourth-order valence-corrected chi connectivity index (χ4v) is 3.29. The molecule has 2 N–H and O–H groups in total. The van der Waals surface area contributed by atoms with Crippen molar-refractivity contribution in [3.63, 3.8) is 0 Å². The minimum atomic E-state index is 0.175. The Kier molecular flexibility index (Phi) is 5.46. The highest BCUT2D eigenvalue weighted by molar-refractivity contribution is 6.43. The van der Waals surface area contributed by atoms with Crippen molar-refractivity contribution in [2.45, 2.75) is 19.8 Å². The summed E-state index contributed by atoms with van der Waals surface area (Å²) >= 11 is 12.5. The molecule has 0 aliphatic rings. The minimum absolute atomic E-state index is 0.175. The number of halogens is 2. The molecule has 0 unspecified atom stereocenters. The molecule has 0 saturated heterocycles. The number of nitrogens with zero attached hydrogens (tertiary/aromatic N) is 2. The quantitative estimate of drug-likeness (QED) is 0.590. The summed E-state index contributed by atoms with van der Waals surface area (Å²) in [5.74, 6) is 0.175. The monoisotopic (exact) mass is 381 g/mol. The van der Waals surface area contributed by atoms with Crippen LogP contribution in [0.5, 0.6) is 0 Å². The average molecular weight is 382 g/mol. The van der Waals surface area contributed by atoms with Gasteiger partial charge in [0, 0.05) is 16.7 Å². The molecule has 0 amide bonds. The van der Waals surface area contributed by atoms with E-state index in [2.05, 4.69) is 30.1 Å². The van der Waals surface area contributed by atoms with Crippen molar-refractivity contribution in [3.05, 3.63) is 69.7 Å². The molecule has 26 heavy (non-hydrogen) atoms. The molecule has 0 aliphatic heterocycles. The lowest BCUT2D eigenvalue weighted by Crippen LogP contribution is -2.00. The standard InChI is InChI=1S/C21H17Cl2N3/c1-2-4-13-7-9-14(10-8-13)19-11-16(17(12-24)21(25)26-19)15-5-3-6-18(22)20(15)23/h3,5-11H,2,4H2,1H3,(H2,25,26). The van der Waals surface area contributed by atoms with Gasteiger partial charge in [0.15, 0.2) is 0 Å². The van der Waals surface area contributed by atoms with Crippen LogP contribution in [0.25, 0.3) is 22.4 Å². The van der Waals surface area contributed by atoms with E-state index >= 15 is 0 Å². The van der Waals surface area contributed by atoms with Gasteiger partial charge in [-0.05, 0) is 24.1 Å². The first kappa shape index (κ1) is 18.3. The molecule has 3 rings (SSSR count). The van der Waals surface area contributed by atoms with Crippen molar-refractivity contribution in [2.24, 2.45) is 0 Å². The van der Waals surface area contributed by atoms with Gasteiger partial charge in [-0.3, -0.25) is 0 Å². The molecule has 0 fully saturated rings. The summed E-state index contributed by atoms with van der Waals surface area (Å²) in [4.78, 5) is 4.41. The lowest BCUT2D eigenvalue weighted by molar-refractivity contribution is 0.922. The van der Waals surface area contributed by atoms with E-state index in [0.717, 1.165) is 18.4 Å². The van der Waals surface area contributed by atoms with Gasteiger partial charge in [0.05, 0.1) is 15.7 Å². The zero-order valence-corrected chi connectivity index (χ0v) is 15.8. The van der Waals surface area contributed by atoms with Gasteiger partial charge in [-0.1, -0.05) is 72.9 Å². The fourth-order valence-electron chi connectivity index (χ4n) is 2.89. The Labute approximate surface area is 163 Å². The topological polar surface area (TPSA) is 62.7 Å². The maximum Gasteiger partial charge on any atom is 0.142 e. The van der Waals surface area contributed by atoms with Gasteiger partial charge in [0.2, 0.25) is 0 Å². The largest absolute Gasteiger partial charge is 0.383 e. The van der Waals surface area contributed by atoms with Gasteiger partial charge in [0.25, 0.3) is 0 Å². The van der Waals surface area contributed by atoms with Crippen molar-refractivity contribution in [2.75, 3.05) is 5.73 Å². The van der Waals surface area contributed by atoms with Crippen LogP contribution in [0, 0.1) is 11.3 Å². The number of pyridine rings is 1. The van der Waals surface area contributed by atoms with Gasteiger partial charge in [-0.2, -0.15) is 5.26 Å². The Bertz CT molecular complexity index is 989. The summed E-state index contributed by atoms with van der Waals surface area (Å²) in [5, 5.41) is 10.3. The van der Waals surface area contributed by atoms with E-state index < -0.39 is 0 Å². The van der Waals surface area contributed by atoms with E-state index in [9.17, 15) is 5.26 Å². The summed E-state index contributed by atoms with van der Waals surface area (Å²) in [6, 6.07) is 17.5. The summed E-state index contributed by atoms with van der Waals surface area (Å²) in [7, 11) is 0. The number of nitriles is 1. The molecule has 1 aromatic heterocycles. The van der Waals surface area contributed by atoms with E-state index in [4.69, 9.17) is 28.9 Å². The zero-order valence-electron chi connectivity index (χ0n) is 14.3. The lowest BCUT2D eigenvalue weighted by atomic mass is 9.98. The second kappa shape index (κ2) is 7.78. The van der Waals surface area contributed by atoms with Gasteiger partial charge in [0.1, 0.15) is 17.5 Å². The van der Waals surface area contributed by atoms with Crippen molar-refractivity contribution in [3.8, 4) is 28.5 Å². The Hall–Kier alpha value is -2.54. The molecular weight excluding hydrogens is 365 g/mol. The normalized spacial score (nSPS) is 10.5. The van der Waals surface area contributed by atoms with E-state index in [1.54, 1.807) is 12.1 Å². The molecule has 0 atom stereocenters. The lowest BCUT2D eigenvalue weighted by Gasteiger charge is -2.12. The van der Waals surface area contributed by atoms with Crippen LogP contribution < -0.4 is 5.73 Å². The zero-order chi connectivity index (χ0) is 18.7. The number of anilines is 1. The Morgan fingerprint density at radius 2 is 1.81 bits per heavy atom. The first-order valence-corrected chi connectivity index (χ1v) is 9.05. The molecule has 0 bridgehead atoms. The van der Waals surface area contributed by atoms with E-state index in [1.807, 2.05) is 24.3 Å². The summed E-state index contributed by atoms with van der Waals surface area (Å²) < 4.78 is 0. The first-order valence-electron chi connectivity index (χ1n) is 8.29. The fraction of sp³-hybridized carbons (Fsp3) is 0.143. The molecule has 0 saturated carbocycles. The number of hydrogen-bond acceptors (Lipinski definition) is 3. The van der Waals surface area contributed by atoms with E-state index in [0.29, 0.717) is 32.4 Å². The molecule has 0 radical (unpaired) electrons. The van der Waals surface area contributed by atoms with Crippen LogP contribution >= 0.6 is 23.2 Å². The number of hydrogen-bond donors (Lipinski definition) is 1. The predicted octanol–water partition coefficient (Wildman–Crippen LogP) is 6.13. The average Bonchev–Trinajstić information content (AvgIpc) is 2.64. The molecule has 3 nitrogen and oxygen atoms in total. The highest BCUT2D eigenvalue weighted by Crippen LogP contribution is 2.38. The second-order valence-corrected chi connectivity index (χ2v) is 6.76. The highest BCUT2D eigenvalue weighted by atomic mass is 35.5. The maximum atomic E-state index is 9.53. The molecule has 5 heteroatoms. The smallest absolute Gasteiger partial charge is 0.142 e. The molecule has 0 aliphatic carbocycles. The summed E-state index contributed by atoms with van der Waals surface area (Å²) in [6.45, 7) is 2.15. The first-order chi connectivity index (χ1) is 12.5. The minimum Gasteiger partial charge on any atom is -0.383 e. The highest BCUT2D eigenvalue weighted by Gasteiger charge is 2.16. The predicted molar refractivity (Wildman–Crippen MR) is 108 cm³/mol. The SMILES string of the molecule is CCCc1ccc(-c2cc(-c3cccc(Cl)c3Cl)c(C#N)c(N)n2)cc1. The third kappa shape index (κ3) is 3.53. The van der Waals surface area contributed by atoms with Crippen LogP contribution in [0.15, 0.2) is 48.5 Å². The number of aromatic nitrogens is 1. The number of nitrogen functional groups attached to an aromatic ring is 1. The number of benzene rings is 2. The van der Waals surface area contributed by atoms with Crippen LogP contribution in [-0.2, 0) is 6.42 Å². The van der Waals surface area contributed by atoms with Crippen LogP contribution in [0.4, 0.5) is 5.82 Å². The third-order valence-corrected chi connectivity index (χ3v) is 5.01. The van der Waals surface area contributed by atoms with Crippen LogP contribution in [0.1, 0.15) is 24.5 Å². The van der Waals surface area contributed by atoms with Gasteiger partial charge < -0.3 is 5.73 Å². The van der Waals surface area contributed by atoms with Gasteiger partial charge >= 0.3 is 0 Å². The van der Waals surface area contributed by atoms with Gasteiger partial charge in [-0.15, -0.1) is 0 Å².